The minimum absolute atomic E-state index is 0.0256. The molecule has 108 valence electrons. The summed E-state index contributed by atoms with van der Waals surface area (Å²) in [5.74, 6) is 0.0689. The van der Waals surface area contributed by atoms with E-state index in [1.165, 1.54) is 18.2 Å². The van der Waals surface area contributed by atoms with Crippen molar-refractivity contribution in [3.63, 3.8) is 0 Å². The third-order valence-corrected chi connectivity index (χ3v) is 3.17. The molecule has 0 saturated heterocycles. The fourth-order valence-electron chi connectivity index (χ4n) is 2.06. The second kappa shape index (κ2) is 5.87. The summed E-state index contributed by atoms with van der Waals surface area (Å²) in [6.45, 7) is 6.36. The quantitative estimate of drug-likeness (QED) is 0.646. The molecule has 21 heavy (non-hydrogen) atoms. The van der Waals surface area contributed by atoms with Crippen molar-refractivity contribution in [2.24, 2.45) is 10.2 Å². The normalized spacial score (nSPS) is 11.8. The number of aliphatic imine (C=N–C) groups is 1. The number of hydrogen-bond acceptors (Lipinski definition) is 4. The van der Waals surface area contributed by atoms with Crippen LogP contribution in [0.15, 0.2) is 52.6 Å². The summed E-state index contributed by atoms with van der Waals surface area (Å²) in [6, 6.07) is 12.3. The first-order valence-electron chi connectivity index (χ1n) is 6.72. The topological polar surface area (TPSA) is 62.0 Å². The number of phenols is 1. The molecule has 2 aromatic carbocycles. The highest BCUT2D eigenvalue weighted by Gasteiger charge is 2.16. The molecule has 0 aliphatic carbocycles. The summed E-state index contributed by atoms with van der Waals surface area (Å²) in [5, 5.41) is 12.7. The summed E-state index contributed by atoms with van der Waals surface area (Å²) < 4.78 is 0. The van der Waals surface area contributed by atoms with E-state index in [0.717, 1.165) is 11.3 Å². The highest BCUT2D eigenvalue weighted by molar-refractivity contribution is 5.87. The number of rotatable bonds is 3. The van der Waals surface area contributed by atoms with Crippen LogP contribution in [0.2, 0.25) is 0 Å². The SMILES string of the molecule is CC(C)(C)c1ccccc1N=Cc1cc(N=O)ccc1O. The first-order chi connectivity index (χ1) is 9.91. The lowest BCUT2D eigenvalue weighted by Gasteiger charge is -2.20. The van der Waals surface area contributed by atoms with Crippen molar-refractivity contribution in [2.45, 2.75) is 26.2 Å². The first-order valence-corrected chi connectivity index (χ1v) is 6.72. The number of aromatic hydroxyl groups is 1. The Kier molecular flexibility index (Phi) is 4.17. The molecule has 2 rings (SSSR count). The Labute approximate surface area is 124 Å². The van der Waals surface area contributed by atoms with E-state index in [0.29, 0.717) is 5.56 Å². The number of nitrogens with zero attached hydrogens (tertiary/aromatic N) is 2. The van der Waals surface area contributed by atoms with Gasteiger partial charge in [-0.1, -0.05) is 39.0 Å². The van der Waals surface area contributed by atoms with Gasteiger partial charge in [-0.05, 0) is 40.4 Å². The largest absolute Gasteiger partial charge is 0.507 e. The molecule has 0 unspecified atom stereocenters. The van der Waals surface area contributed by atoms with Crippen LogP contribution in [0.3, 0.4) is 0 Å². The third-order valence-electron chi connectivity index (χ3n) is 3.17. The van der Waals surface area contributed by atoms with E-state index in [4.69, 9.17) is 0 Å². The summed E-state index contributed by atoms with van der Waals surface area (Å²) >= 11 is 0. The van der Waals surface area contributed by atoms with E-state index >= 15 is 0 Å². The fraction of sp³-hybridized carbons (Fsp3) is 0.235. The Bertz CT molecular complexity index is 685. The molecular weight excluding hydrogens is 264 g/mol. The van der Waals surface area contributed by atoms with Gasteiger partial charge in [0, 0.05) is 11.8 Å². The molecule has 0 bridgehead atoms. The maximum atomic E-state index is 10.6. The molecule has 1 N–H and O–H groups in total. The van der Waals surface area contributed by atoms with Crippen LogP contribution in [-0.4, -0.2) is 11.3 Å². The van der Waals surface area contributed by atoms with Gasteiger partial charge >= 0.3 is 0 Å². The van der Waals surface area contributed by atoms with E-state index in [2.05, 4.69) is 30.9 Å². The fourth-order valence-corrected chi connectivity index (χ4v) is 2.06. The van der Waals surface area contributed by atoms with Crippen molar-refractivity contribution in [2.75, 3.05) is 0 Å². The van der Waals surface area contributed by atoms with Gasteiger partial charge in [0.1, 0.15) is 11.4 Å². The zero-order valence-corrected chi connectivity index (χ0v) is 12.4. The van der Waals surface area contributed by atoms with Gasteiger partial charge in [-0.25, -0.2) is 0 Å². The Morgan fingerprint density at radius 3 is 2.48 bits per heavy atom. The molecule has 0 aromatic heterocycles. The Morgan fingerprint density at radius 1 is 1.10 bits per heavy atom. The van der Waals surface area contributed by atoms with E-state index < -0.39 is 0 Å². The Hall–Kier alpha value is -2.49. The third kappa shape index (κ3) is 3.54. The van der Waals surface area contributed by atoms with Crippen LogP contribution >= 0.6 is 0 Å². The van der Waals surface area contributed by atoms with Crippen molar-refractivity contribution < 1.29 is 5.11 Å². The van der Waals surface area contributed by atoms with Gasteiger partial charge < -0.3 is 5.11 Å². The maximum absolute atomic E-state index is 10.6. The molecule has 0 amide bonds. The molecule has 0 radical (unpaired) electrons. The smallest absolute Gasteiger partial charge is 0.124 e. The number of hydrogen-bond donors (Lipinski definition) is 1. The molecule has 0 atom stereocenters. The Morgan fingerprint density at radius 2 is 1.81 bits per heavy atom. The van der Waals surface area contributed by atoms with Crippen molar-refractivity contribution in [3.05, 3.63) is 58.5 Å². The lowest BCUT2D eigenvalue weighted by molar-refractivity contribution is 0.474. The van der Waals surface area contributed by atoms with Gasteiger partial charge in [0.2, 0.25) is 0 Å². The molecule has 0 fully saturated rings. The molecule has 0 saturated carbocycles. The minimum Gasteiger partial charge on any atom is -0.507 e. The van der Waals surface area contributed by atoms with Crippen molar-refractivity contribution in [1.29, 1.82) is 0 Å². The number of para-hydroxylation sites is 1. The highest BCUT2D eigenvalue weighted by Crippen LogP contribution is 2.31. The maximum Gasteiger partial charge on any atom is 0.124 e. The molecule has 4 heteroatoms. The van der Waals surface area contributed by atoms with E-state index in [1.54, 1.807) is 6.21 Å². The van der Waals surface area contributed by atoms with Gasteiger partial charge in [-0.15, -0.1) is 4.91 Å². The van der Waals surface area contributed by atoms with Crippen molar-refractivity contribution in [1.82, 2.24) is 0 Å². The van der Waals surface area contributed by atoms with Gasteiger partial charge in [0.15, 0.2) is 0 Å². The molecule has 0 aliphatic heterocycles. The molecule has 0 spiro atoms. The summed E-state index contributed by atoms with van der Waals surface area (Å²) in [6.07, 6.45) is 1.55. The van der Waals surface area contributed by atoms with Gasteiger partial charge in [0.05, 0.1) is 5.69 Å². The minimum atomic E-state index is -0.0256. The second-order valence-corrected chi connectivity index (χ2v) is 5.86. The van der Waals surface area contributed by atoms with Crippen LogP contribution in [-0.2, 0) is 5.41 Å². The lowest BCUT2D eigenvalue weighted by atomic mass is 9.86. The summed E-state index contributed by atoms with van der Waals surface area (Å²) in [7, 11) is 0. The first kappa shape index (κ1) is 14.9. The molecule has 0 heterocycles. The van der Waals surface area contributed by atoms with Gasteiger partial charge in [0.25, 0.3) is 0 Å². The van der Waals surface area contributed by atoms with Gasteiger partial charge in [-0.3, -0.25) is 4.99 Å². The van der Waals surface area contributed by atoms with Crippen LogP contribution < -0.4 is 0 Å². The lowest BCUT2D eigenvalue weighted by Crippen LogP contribution is -2.11. The standard InChI is InChI=1S/C17H18N2O2/c1-17(2,3)14-6-4-5-7-15(14)18-11-12-10-13(19-21)8-9-16(12)20/h4-11,20H,1-3H3. The monoisotopic (exact) mass is 282 g/mol. The summed E-state index contributed by atoms with van der Waals surface area (Å²) in [5.41, 5.74) is 2.66. The van der Waals surface area contributed by atoms with Crippen molar-refractivity contribution in [3.8, 4) is 5.75 Å². The zero-order valence-electron chi connectivity index (χ0n) is 12.4. The highest BCUT2D eigenvalue weighted by atomic mass is 16.3. The predicted octanol–water partition coefficient (Wildman–Crippen LogP) is 4.84. The summed E-state index contributed by atoms with van der Waals surface area (Å²) in [4.78, 5) is 15.0. The number of benzene rings is 2. The van der Waals surface area contributed by atoms with Crippen LogP contribution in [0.1, 0.15) is 31.9 Å². The molecule has 4 nitrogen and oxygen atoms in total. The van der Waals surface area contributed by atoms with Gasteiger partial charge in [-0.2, -0.15) is 0 Å². The van der Waals surface area contributed by atoms with Crippen LogP contribution in [0.4, 0.5) is 11.4 Å². The molecule has 2 aromatic rings. The molecular formula is C17H18N2O2. The average molecular weight is 282 g/mol. The van der Waals surface area contributed by atoms with Crippen LogP contribution in [0.25, 0.3) is 0 Å². The van der Waals surface area contributed by atoms with E-state index in [1.807, 2.05) is 24.3 Å². The molecule has 0 aliphatic rings. The number of nitroso groups, excluding NO2 is 1. The Balaban J connectivity index is 2.41. The van der Waals surface area contributed by atoms with E-state index in [9.17, 15) is 10.0 Å². The second-order valence-electron chi connectivity index (χ2n) is 5.86. The van der Waals surface area contributed by atoms with E-state index in [-0.39, 0.29) is 16.9 Å². The van der Waals surface area contributed by atoms with Crippen LogP contribution in [0.5, 0.6) is 5.75 Å². The predicted molar refractivity (Wildman–Crippen MR) is 86.0 cm³/mol. The van der Waals surface area contributed by atoms with Crippen LogP contribution in [0, 0.1) is 4.91 Å². The number of phenolic OH excluding ortho intramolecular Hbond substituents is 1. The zero-order chi connectivity index (χ0) is 15.5. The van der Waals surface area contributed by atoms with Crippen molar-refractivity contribution >= 4 is 17.6 Å². The average Bonchev–Trinajstić information content (AvgIpc) is 2.46.